The normalized spacial score (nSPS) is 13.0. The van der Waals surface area contributed by atoms with E-state index in [-0.39, 0.29) is 5.91 Å². The summed E-state index contributed by atoms with van der Waals surface area (Å²) in [5, 5.41) is 2.88. The average Bonchev–Trinajstić information content (AvgIpc) is 2.88. The summed E-state index contributed by atoms with van der Waals surface area (Å²) in [5.41, 5.74) is 1.29. The van der Waals surface area contributed by atoms with Crippen molar-refractivity contribution in [1.29, 1.82) is 0 Å². The number of amides is 1. The molecule has 0 bridgehead atoms. The number of fused-ring (bicyclic) bond motifs is 1. The van der Waals surface area contributed by atoms with Gasteiger partial charge in [0.15, 0.2) is 11.5 Å². The largest absolute Gasteiger partial charge is 0.486 e. The average molecular weight is 351 g/mol. The maximum Gasteiger partial charge on any atom is 0.272 e. The van der Waals surface area contributed by atoms with Gasteiger partial charge in [-0.25, -0.2) is 0 Å². The molecule has 21 heavy (non-hydrogen) atoms. The van der Waals surface area contributed by atoms with E-state index in [4.69, 9.17) is 9.47 Å². The number of aromatic nitrogens is 1. The number of carbonyl (C=O) groups is 1. The Kier molecular flexibility index (Phi) is 3.88. The van der Waals surface area contributed by atoms with E-state index in [1.54, 1.807) is 24.3 Å². The lowest BCUT2D eigenvalue weighted by Crippen LogP contribution is -2.18. The maximum absolute atomic E-state index is 12.4. The van der Waals surface area contributed by atoms with Crippen LogP contribution in [0.4, 0.5) is 5.69 Å². The SMILES string of the molecule is CCn1cc(Br)cc1C(=O)Nc1ccc2c(c1)OCCO2. The standard InChI is InChI=1S/C15H15BrN2O3/c1-2-18-9-10(16)7-12(18)15(19)17-11-3-4-13-14(8-11)21-6-5-20-13/h3-4,7-9H,2,5-6H2,1H3,(H,17,19). The molecule has 0 fully saturated rings. The Balaban J connectivity index is 1.81. The van der Waals surface area contributed by atoms with Crippen molar-refractivity contribution in [2.75, 3.05) is 18.5 Å². The monoisotopic (exact) mass is 350 g/mol. The van der Waals surface area contributed by atoms with Gasteiger partial charge >= 0.3 is 0 Å². The molecule has 0 spiro atoms. The second-order valence-electron chi connectivity index (χ2n) is 4.64. The molecule has 1 amide bonds. The Morgan fingerprint density at radius 2 is 2.05 bits per heavy atom. The molecule has 3 rings (SSSR count). The minimum absolute atomic E-state index is 0.153. The summed E-state index contributed by atoms with van der Waals surface area (Å²) in [6.07, 6.45) is 1.89. The van der Waals surface area contributed by atoms with Gasteiger partial charge in [0, 0.05) is 29.0 Å². The molecule has 1 aromatic carbocycles. The van der Waals surface area contributed by atoms with Crippen LogP contribution >= 0.6 is 15.9 Å². The molecule has 110 valence electrons. The minimum Gasteiger partial charge on any atom is -0.486 e. The summed E-state index contributed by atoms with van der Waals surface area (Å²) >= 11 is 3.39. The van der Waals surface area contributed by atoms with Gasteiger partial charge in [0.2, 0.25) is 0 Å². The van der Waals surface area contributed by atoms with Crippen LogP contribution < -0.4 is 14.8 Å². The third kappa shape index (κ3) is 2.90. The van der Waals surface area contributed by atoms with Gasteiger partial charge in [0.1, 0.15) is 18.9 Å². The molecule has 2 aromatic rings. The van der Waals surface area contributed by atoms with Gasteiger partial charge in [-0.1, -0.05) is 0 Å². The molecule has 0 unspecified atom stereocenters. The zero-order valence-electron chi connectivity index (χ0n) is 11.6. The minimum atomic E-state index is -0.153. The van der Waals surface area contributed by atoms with E-state index in [2.05, 4.69) is 21.2 Å². The van der Waals surface area contributed by atoms with Crippen LogP contribution in [0.5, 0.6) is 11.5 Å². The molecule has 0 saturated carbocycles. The first-order valence-corrected chi connectivity index (χ1v) is 7.53. The molecule has 2 heterocycles. The molecular weight excluding hydrogens is 336 g/mol. The first kappa shape index (κ1) is 14.0. The summed E-state index contributed by atoms with van der Waals surface area (Å²) in [7, 11) is 0. The molecule has 6 heteroatoms. The number of nitrogens with one attached hydrogen (secondary N) is 1. The molecule has 5 nitrogen and oxygen atoms in total. The van der Waals surface area contributed by atoms with Crippen LogP contribution in [-0.4, -0.2) is 23.7 Å². The van der Waals surface area contributed by atoms with Crippen LogP contribution in [0.25, 0.3) is 0 Å². The van der Waals surface area contributed by atoms with Crippen LogP contribution in [0.3, 0.4) is 0 Å². The molecule has 1 aromatic heterocycles. The Morgan fingerprint density at radius 1 is 1.29 bits per heavy atom. The number of benzene rings is 1. The highest BCUT2D eigenvalue weighted by molar-refractivity contribution is 9.10. The Hall–Kier alpha value is -1.95. The van der Waals surface area contributed by atoms with E-state index in [1.165, 1.54) is 0 Å². The van der Waals surface area contributed by atoms with E-state index in [0.29, 0.717) is 36.1 Å². The summed E-state index contributed by atoms with van der Waals surface area (Å²) in [5.74, 6) is 1.21. The Labute approximate surface area is 131 Å². The van der Waals surface area contributed by atoms with E-state index < -0.39 is 0 Å². The van der Waals surface area contributed by atoms with Crippen LogP contribution in [0.1, 0.15) is 17.4 Å². The number of nitrogens with zero attached hydrogens (tertiary/aromatic N) is 1. The molecule has 0 radical (unpaired) electrons. The zero-order valence-corrected chi connectivity index (χ0v) is 13.1. The number of carbonyl (C=O) groups excluding carboxylic acids is 1. The highest BCUT2D eigenvalue weighted by Crippen LogP contribution is 2.32. The van der Waals surface area contributed by atoms with Crippen LogP contribution in [-0.2, 0) is 6.54 Å². The Morgan fingerprint density at radius 3 is 2.81 bits per heavy atom. The van der Waals surface area contributed by atoms with Gasteiger partial charge in [-0.05, 0) is 41.1 Å². The lowest BCUT2D eigenvalue weighted by Gasteiger charge is -2.19. The fourth-order valence-corrected chi connectivity index (χ4v) is 2.71. The summed E-state index contributed by atoms with van der Waals surface area (Å²) in [4.78, 5) is 12.4. The number of hydrogen-bond acceptors (Lipinski definition) is 3. The zero-order chi connectivity index (χ0) is 14.8. The van der Waals surface area contributed by atoms with Crippen LogP contribution in [0.15, 0.2) is 34.9 Å². The van der Waals surface area contributed by atoms with Crippen molar-refractivity contribution in [2.45, 2.75) is 13.5 Å². The molecular formula is C15H15BrN2O3. The predicted molar refractivity (Wildman–Crippen MR) is 83.2 cm³/mol. The van der Waals surface area contributed by atoms with E-state index in [9.17, 15) is 4.79 Å². The van der Waals surface area contributed by atoms with E-state index in [0.717, 1.165) is 11.0 Å². The lowest BCUT2D eigenvalue weighted by atomic mass is 10.2. The van der Waals surface area contributed by atoms with E-state index >= 15 is 0 Å². The topological polar surface area (TPSA) is 52.5 Å². The summed E-state index contributed by atoms with van der Waals surface area (Å²) < 4.78 is 13.7. The second-order valence-corrected chi connectivity index (χ2v) is 5.56. The first-order chi connectivity index (χ1) is 10.2. The molecule has 0 aliphatic carbocycles. The van der Waals surface area contributed by atoms with Crippen molar-refractivity contribution in [3.05, 3.63) is 40.6 Å². The highest BCUT2D eigenvalue weighted by atomic mass is 79.9. The van der Waals surface area contributed by atoms with Gasteiger partial charge in [-0.2, -0.15) is 0 Å². The second kappa shape index (κ2) is 5.81. The maximum atomic E-state index is 12.4. The number of ether oxygens (including phenoxy) is 2. The van der Waals surface area contributed by atoms with E-state index in [1.807, 2.05) is 17.7 Å². The summed E-state index contributed by atoms with van der Waals surface area (Å²) in [6.45, 7) is 3.80. The van der Waals surface area contributed by atoms with Crippen molar-refractivity contribution in [1.82, 2.24) is 4.57 Å². The Bertz CT molecular complexity index is 682. The van der Waals surface area contributed by atoms with Crippen LogP contribution in [0.2, 0.25) is 0 Å². The summed E-state index contributed by atoms with van der Waals surface area (Å²) in [6, 6.07) is 7.19. The quantitative estimate of drug-likeness (QED) is 0.923. The van der Waals surface area contributed by atoms with Crippen molar-refractivity contribution in [3.63, 3.8) is 0 Å². The van der Waals surface area contributed by atoms with Crippen molar-refractivity contribution < 1.29 is 14.3 Å². The van der Waals surface area contributed by atoms with Gasteiger partial charge in [0.25, 0.3) is 5.91 Å². The number of halogens is 1. The molecule has 1 N–H and O–H groups in total. The molecule has 1 aliphatic heterocycles. The van der Waals surface area contributed by atoms with Gasteiger partial charge in [-0.15, -0.1) is 0 Å². The van der Waals surface area contributed by atoms with Crippen molar-refractivity contribution in [3.8, 4) is 11.5 Å². The third-order valence-corrected chi connectivity index (χ3v) is 3.67. The van der Waals surface area contributed by atoms with Crippen LogP contribution in [0, 0.1) is 0 Å². The highest BCUT2D eigenvalue weighted by Gasteiger charge is 2.15. The van der Waals surface area contributed by atoms with Gasteiger partial charge < -0.3 is 19.4 Å². The fourth-order valence-electron chi connectivity index (χ4n) is 2.24. The fraction of sp³-hybridized carbons (Fsp3) is 0.267. The number of aryl methyl sites for hydroxylation is 1. The lowest BCUT2D eigenvalue weighted by molar-refractivity contribution is 0.101. The molecule has 1 aliphatic rings. The third-order valence-electron chi connectivity index (χ3n) is 3.24. The number of anilines is 1. The first-order valence-electron chi connectivity index (χ1n) is 6.74. The molecule has 0 saturated heterocycles. The number of hydrogen-bond donors (Lipinski definition) is 1. The molecule has 0 atom stereocenters. The smallest absolute Gasteiger partial charge is 0.272 e. The van der Waals surface area contributed by atoms with Crippen molar-refractivity contribution >= 4 is 27.5 Å². The van der Waals surface area contributed by atoms with Gasteiger partial charge in [-0.3, -0.25) is 4.79 Å². The number of rotatable bonds is 3. The van der Waals surface area contributed by atoms with Crippen molar-refractivity contribution in [2.24, 2.45) is 0 Å². The predicted octanol–water partition coefficient (Wildman–Crippen LogP) is 3.29. The van der Waals surface area contributed by atoms with Gasteiger partial charge in [0.05, 0.1) is 0 Å².